The Balaban J connectivity index is 2.15. The van der Waals surface area contributed by atoms with Crippen LogP contribution in [0, 0.1) is 0 Å². The number of rotatable bonds is 5. The predicted octanol–water partition coefficient (Wildman–Crippen LogP) is 3.17. The summed E-state index contributed by atoms with van der Waals surface area (Å²) in [5, 5.41) is 4.36. The highest BCUT2D eigenvalue weighted by Gasteiger charge is 2.10. The fraction of sp³-hybridized carbons (Fsp3) is 0.133. The molecule has 1 N–H and O–H groups in total. The van der Waals surface area contributed by atoms with E-state index >= 15 is 0 Å². The number of amides is 1. The van der Waals surface area contributed by atoms with E-state index in [1.807, 2.05) is 0 Å². The van der Waals surface area contributed by atoms with Gasteiger partial charge in [-0.1, -0.05) is 23.2 Å². The van der Waals surface area contributed by atoms with Crippen molar-refractivity contribution in [1.82, 2.24) is 10.4 Å². The number of carbonyl (C=O) groups is 1. The van der Waals surface area contributed by atoms with Gasteiger partial charge in [-0.05, 0) is 18.2 Å². The van der Waals surface area contributed by atoms with Crippen molar-refractivity contribution in [3.63, 3.8) is 0 Å². The third-order valence-corrected chi connectivity index (χ3v) is 3.50. The van der Waals surface area contributed by atoms with E-state index in [1.165, 1.54) is 26.6 Å². The van der Waals surface area contributed by atoms with Crippen LogP contribution in [-0.4, -0.2) is 31.3 Å². The Morgan fingerprint density at radius 1 is 1.26 bits per heavy atom. The van der Waals surface area contributed by atoms with Gasteiger partial charge in [-0.15, -0.1) is 0 Å². The van der Waals surface area contributed by atoms with E-state index in [-0.39, 0.29) is 10.7 Å². The number of ether oxygens (including phenoxy) is 2. The molecule has 0 spiro atoms. The number of hydrazone groups is 1. The summed E-state index contributed by atoms with van der Waals surface area (Å²) in [6, 6.07) is 6.40. The number of nitrogens with one attached hydrogen (secondary N) is 1. The summed E-state index contributed by atoms with van der Waals surface area (Å²) < 4.78 is 10.3. The Kier molecular flexibility index (Phi) is 5.78. The fourth-order valence-corrected chi connectivity index (χ4v) is 2.15. The van der Waals surface area contributed by atoms with E-state index in [9.17, 15) is 4.79 Å². The Morgan fingerprint density at radius 3 is 2.61 bits per heavy atom. The van der Waals surface area contributed by atoms with Crippen LogP contribution in [0.3, 0.4) is 0 Å². The van der Waals surface area contributed by atoms with Gasteiger partial charge in [0, 0.05) is 17.8 Å². The lowest BCUT2D eigenvalue weighted by molar-refractivity contribution is 0.0955. The Bertz CT molecular complexity index is 751. The van der Waals surface area contributed by atoms with E-state index in [1.54, 1.807) is 24.3 Å². The van der Waals surface area contributed by atoms with Crippen molar-refractivity contribution in [3.05, 3.63) is 51.8 Å². The topological polar surface area (TPSA) is 72.8 Å². The molecular formula is C15H13Cl2N3O3. The van der Waals surface area contributed by atoms with Crippen LogP contribution >= 0.6 is 23.2 Å². The largest absolute Gasteiger partial charge is 0.493 e. The summed E-state index contributed by atoms with van der Waals surface area (Å²) in [7, 11) is 3.03. The maximum atomic E-state index is 11.9. The lowest BCUT2D eigenvalue weighted by atomic mass is 10.2. The molecule has 2 aromatic rings. The number of pyridine rings is 1. The van der Waals surface area contributed by atoms with Gasteiger partial charge in [-0.3, -0.25) is 4.79 Å². The molecule has 23 heavy (non-hydrogen) atoms. The molecule has 0 saturated carbocycles. The number of methoxy groups -OCH3 is 2. The Labute approximate surface area is 143 Å². The average Bonchev–Trinajstić information content (AvgIpc) is 2.56. The van der Waals surface area contributed by atoms with Crippen molar-refractivity contribution < 1.29 is 14.3 Å². The minimum Gasteiger partial charge on any atom is -0.493 e. The first kappa shape index (κ1) is 17.1. The molecule has 0 aliphatic rings. The highest BCUT2D eigenvalue weighted by Crippen LogP contribution is 2.32. The standard InChI is InChI=1S/C15H13Cl2N3O3/c1-22-12-6-9(11(16)7-13(12)23-2)8-19-20-15(21)10-4-3-5-18-14(10)17/h3-8H,1-2H3,(H,20,21). The van der Waals surface area contributed by atoms with E-state index < -0.39 is 5.91 Å². The molecule has 1 amide bonds. The first-order chi connectivity index (χ1) is 11.1. The van der Waals surface area contributed by atoms with Crippen LogP contribution in [0.2, 0.25) is 10.2 Å². The van der Waals surface area contributed by atoms with E-state index in [0.29, 0.717) is 22.1 Å². The monoisotopic (exact) mass is 353 g/mol. The SMILES string of the molecule is COc1cc(Cl)c(C=NNC(=O)c2cccnc2Cl)cc1OC. The molecule has 0 atom stereocenters. The van der Waals surface area contributed by atoms with Crippen LogP contribution < -0.4 is 14.9 Å². The first-order valence-corrected chi connectivity index (χ1v) is 7.18. The van der Waals surface area contributed by atoms with Crippen LogP contribution in [0.1, 0.15) is 15.9 Å². The number of carbonyl (C=O) groups excluding carboxylic acids is 1. The second kappa shape index (κ2) is 7.80. The zero-order chi connectivity index (χ0) is 16.8. The molecule has 0 aliphatic heterocycles. The maximum Gasteiger partial charge on any atom is 0.274 e. The number of hydrogen-bond donors (Lipinski definition) is 1. The zero-order valence-electron chi connectivity index (χ0n) is 12.3. The lowest BCUT2D eigenvalue weighted by Gasteiger charge is -2.09. The molecule has 0 bridgehead atoms. The summed E-state index contributed by atoms with van der Waals surface area (Å²) in [6.45, 7) is 0. The van der Waals surface area contributed by atoms with Gasteiger partial charge in [0.15, 0.2) is 11.5 Å². The number of halogens is 2. The van der Waals surface area contributed by atoms with Crippen molar-refractivity contribution in [1.29, 1.82) is 0 Å². The minimum absolute atomic E-state index is 0.101. The minimum atomic E-state index is -0.476. The van der Waals surface area contributed by atoms with Gasteiger partial charge in [0.05, 0.1) is 31.0 Å². The highest BCUT2D eigenvalue weighted by molar-refractivity contribution is 6.33. The number of nitrogens with zero attached hydrogens (tertiary/aromatic N) is 2. The average molecular weight is 354 g/mol. The molecule has 1 aromatic carbocycles. The molecule has 2 rings (SSSR count). The third kappa shape index (κ3) is 4.12. The normalized spacial score (nSPS) is 10.6. The second-order valence-corrected chi connectivity index (χ2v) is 5.03. The molecule has 1 heterocycles. The molecule has 0 unspecified atom stereocenters. The van der Waals surface area contributed by atoms with Crippen LogP contribution in [0.5, 0.6) is 11.5 Å². The van der Waals surface area contributed by atoms with E-state index in [4.69, 9.17) is 32.7 Å². The smallest absolute Gasteiger partial charge is 0.274 e. The third-order valence-electron chi connectivity index (χ3n) is 2.88. The molecule has 8 heteroatoms. The van der Waals surface area contributed by atoms with Crippen LogP contribution in [0.15, 0.2) is 35.6 Å². The Morgan fingerprint density at radius 2 is 1.96 bits per heavy atom. The summed E-state index contributed by atoms with van der Waals surface area (Å²) in [5.74, 6) is 0.525. The maximum absolute atomic E-state index is 11.9. The second-order valence-electron chi connectivity index (χ2n) is 4.27. The van der Waals surface area contributed by atoms with Gasteiger partial charge in [-0.2, -0.15) is 5.10 Å². The van der Waals surface area contributed by atoms with Gasteiger partial charge in [-0.25, -0.2) is 10.4 Å². The van der Waals surface area contributed by atoms with Crippen LogP contribution in [-0.2, 0) is 0 Å². The molecular weight excluding hydrogens is 341 g/mol. The van der Waals surface area contributed by atoms with Crippen molar-refractivity contribution in [2.45, 2.75) is 0 Å². The van der Waals surface area contributed by atoms with Crippen LogP contribution in [0.25, 0.3) is 0 Å². The van der Waals surface area contributed by atoms with Crippen molar-refractivity contribution in [2.24, 2.45) is 5.10 Å². The predicted molar refractivity (Wildman–Crippen MR) is 88.9 cm³/mol. The first-order valence-electron chi connectivity index (χ1n) is 6.42. The quantitative estimate of drug-likeness (QED) is 0.509. The Hall–Kier alpha value is -2.31. The van der Waals surface area contributed by atoms with Crippen molar-refractivity contribution >= 4 is 35.3 Å². The van der Waals surface area contributed by atoms with Crippen LogP contribution in [0.4, 0.5) is 0 Å². The summed E-state index contributed by atoms with van der Waals surface area (Å²) >= 11 is 12.0. The lowest BCUT2D eigenvalue weighted by Crippen LogP contribution is -2.18. The summed E-state index contributed by atoms with van der Waals surface area (Å²) in [5.41, 5.74) is 3.14. The molecule has 0 saturated heterocycles. The van der Waals surface area contributed by atoms with Gasteiger partial charge >= 0.3 is 0 Å². The van der Waals surface area contributed by atoms with E-state index in [0.717, 1.165) is 0 Å². The van der Waals surface area contributed by atoms with Gasteiger partial charge in [0.2, 0.25) is 0 Å². The molecule has 1 aromatic heterocycles. The number of hydrogen-bond acceptors (Lipinski definition) is 5. The van der Waals surface area contributed by atoms with Gasteiger partial charge < -0.3 is 9.47 Å². The highest BCUT2D eigenvalue weighted by atomic mass is 35.5. The van der Waals surface area contributed by atoms with Crippen molar-refractivity contribution in [2.75, 3.05) is 14.2 Å². The molecule has 0 aliphatic carbocycles. The molecule has 0 fully saturated rings. The molecule has 6 nitrogen and oxygen atoms in total. The molecule has 120 valence electrons. The zero-order valence-corrected chi connectivity index (χ0v) is 13.9. The van der Waals surface area contributed by atoms with Gasteiger partial charge in [0.1, 0.15) is 5.15 Å². The summed E-state index contributed by atoms with van der Waals surface area (Å²) in [6.07, 6.45) is 2.89. The summed E-state index contributed by atoms with van der Waals surface area (Å²) in [4.78, 5) is 15.8. The van der Waals surface area contributed by atoms with E-state index in [2.05, 4.69) is 15.5 Å². The molecule has 0 radical (unpaired) electrons. The number of aromatic nitrogens is 1. The van der Waals surface area contributed by atoms with Crippen molar-refractivity contribution in [3.8, 4) is 11.5 Å². The number of benzene rings is 1. The fourth-order valence-electron chi connectivity index (χ4n) is 1.74. The van der Waals surface area contributed by atoms with Gasteiger partial charge in [0.25, 0.3) is 5.91 Å².